The van der Waals surface area contributed by atoms with E-state index >= 15 is 0 Å². The van der Waals surface area contributed by atoms with Gasteiger partial charge < -0.3 is 15.6 Å². The van der Waals surface area contributed by atoms with E-state index in [1.807, 2.05) is 0 Å². The Hall–Kier alpha value is -2.25. The first-order valence-corrected chi connectivity index (χ1v) is 5.03. The molecule has 104 valence electrons. The number of carbonyl (C=O) groups is 2. The van der Waals surface area contributed by atoms with Gasteiger partial charge in [0.2, 0.25) is 0 Å². The van der Waals surface area contributed by atoms with Gasteiger partial charge >= 0.3 is 12.1 Å². The molecule has 3 N–H and O–H groups in total. The van der Waals surface area contributed by atoms with Crippen LogP contribution in [0.2, 0.25) is 0 Å². The largest absolute Gasteiger partial charge is 0.480 e. The molecule has 0 radical (unpaired) electrons. The number of aromatic carboxylic acids is 1. The topological polar surface area (TPSA) is 89.6 Å². The van der Waals surface area contributed by atoms with Crippen molar-refractivity contribution in [3.05, 3.63) is 29.3 Å². The number of amides is 1. The molecule has 1 aromatic carbocycles. The standard InChI is InChI=1S/C11H10F3NO4/c1-5(9(15)16)19-8-3-2-6(10(17)18)4-7(8)11(12,13)14/h2-5H,1H3,(H2,15,16)(H,17,18). The predicted molar refractivity (Wildman–Crippen MR) is 57.7 cm³/mol. The minimum Gasteiger partial charge on any atom is -0.480 e. The van der Waals surface area contributed by atoms with Gasteiger partial charge in [-0.2, -0.15) is 13.2 Å². The number of nitrogens with two attached hydrogens (primary N) is 1. The summed E-state index contributed by atoms with van der Waals surface area (Å²) in [6.07, 6.45) is -6.07. The lowest BCUT2D eigenvalue weighted by atomic mass is 10.1. The number of ether oxygens (including phenoxy) is 1. The summed E-state index contributed by atoms with van der Waals surface area (Å²) in [6.45, 7) is 1.19. The summed E-state index contributed by atoms with van der Waals surface area (Å²) in [5.74, 6) is -3.08. The van der Waals surface area contributed by atoms with Crippen LogP contribution in [0.4, 0.5) is 13.2 Å². The van der Waals surface area contributed by atoms with Crippen molar-refractivity contribution >= 4 is 11.9 Å². The summed E-state index contributed by atoms with van der Waals surface area (Å²) in [7, 11) is 0. The molecule has 1 amide bonds. The zero-order chi connectivity index (χ0) is 14.8. The molecule has 0 saturated heterocycles. The van der Waals surface area contributed by atoms with Crippen LogP contribution in [0, 0.1) is 0 Å². The summed E-state index contributed by atoms with van der Waals surface area (Å²) in [5, 5.41) is 8.65. The van der Waals surface area contributed by atoms with Crippen LogP contribution in [-0.2, 0) is 11.0 Å². The fraction of sp³-hybridized carbons (Fsp3) is 0.273. The number of halogens is 3. The van der Waals surface area contributed by atoms with Gasteiger partial charge in [0.25, 0.3) is 5.91 Å². The maximum atomic E-state index is 12.8. The molecular weight excluding hydrogens is 267 g/mol. The fourth-order valence-corrected chi connectivity index (χ4v) is 1.24. The van der Waals surface area contributed by atoms with Crippen molar-refractivity contribution in [1.82, 2.24) is 0 Å². The Bertz CT molecular complexity index is 513. The van der Waals surface area contributed by atoms with Crippen LogP contribution in [0.25, 0.3) is 0 Å². The van der Waals surface area contributed by atoms with Crippen molar-refractivity contribution < 1.29 is 32.6 Å². The van der Waals surface area contributed by atoms with E-state index in [1.54, 1.807) is 0 Å². The van der Waals surface area contributed by atoms with E-state index in [2.05, 4.69) is 0 Å². The second-order valence-corrected chi connectivity index (χ2v) is 3.68. The summed E-state index contributed by atoms with van der Waals surface area (Å²) >= 11 is 0. The van der Waals surface area contributed by atoms with E-state index in [1.165, 1.54) is 6.92 Å². The third kappa shape index (κ3) is 3.60. The molecule has 1 aromatic rings. The van der Waals surface area contributed by atoms with Crippen LogP contribution >= 0.6 is 0 Å². The van der Waals surface area contributed by atoms with Crippen LogP contribution in [-0.4, -0.2) is 23.1 Å². The quantitative estimate of drug-likeness (QED) is 0.875. The minimum absolute atomic E-state index is 0.436. The van der Waals surface area contributed by atoms with Gasteiger partial charge in [0.1, 0.15) is 5.75 Å². The van der Waals surface area contributed by atoms with Crippen molar-refractivity contribution in [1.29, 1.82) is 0 Å². The molecule has 8 heteroatoms. The van der Waals surface area contributed by atoms with E-state index in [4.69, 9.17) is 15.6 Å². The van der Waals surface area contributed by atoms with Crippen LogP contribution in [0.1, 0.15) is 22.8 Å². The second-order valence-electron chi connectivity index (χ2n) is 3.68. The summed E-state index contributed by atoms with van der Waals surface area (Å²) in [6, 6.07) is 2.22. The Morgan fingerprint density at radius 2 is 1.95 bits per heavy atom. The molecule has 1 rings (SSSR count). The number of carbonyl (C=O) groups excluding carboxylic acids is 1. The van der Waals surface area contributed by atoms with Gasteiger partial charge in [-0.1, -0.05) is 0 Å². The molecular formula is C11H10F3NO4. The molecule has 0 fully saturated rings. The lowest BCUT2D eigenvalue weighted by Crippen LogP contribution is -2.31. The first-order chi connectivity index (χ1) is 8.62. The SMILES string of the molecule is CC(Oc1ccc(C(=O)O)cc1C(F)(F)F)C(N)=O. The first kappa shape index (κ1) is 14.8. The number of carboxylic acid groups (broad SMARTS) is 1. The normalized spacial score (nSPS) is 12.8. The second kappa shape index (κ2) is 5.17. The molecule has 5 nitrogen and oxygen atoms in total. The molecule has 0 spiro atoms. The maximum Gasteiger partial charge on any atom is 0.419 e. The molecule has 0 aliphatic heterocycles. The van der Waals surface area contributed by atoms with Gasteiger partial charge in [-0.05, 0) is 25.1 Å². The Morgan fingerprint density at radius 3 is 2.37 bits per heavy atom. The predicted octanol–water partition coefficient (Wildman–Crippen LogP) is 1.66. The van der Waals surface area contributed by atoms with Gasteiger partial charge in [-0.15, -0.1) is 0 Å². The van der Waals surface area contributed by atoms with Crippen molar-refractivity contribution in [2.75, 3.05) is 0 Å². The third-order valence-electron chi connectivity index (χ3n) is 2.24. The average Bonchev–Trinajstić information content (AvgIpc) is 2.27. The molecule has 0 aliphatic carbocycles. The highest BCUT2D eigenvalue weighted by Crippen LogP contribution is 2.37. The zero-order valence-corrected chi connectivity index (χ0v) is 9.69. The van der Waals surface area contributed by atoms with Crippen molar-refractivity contribution in [2.45, 2.75) is 19.2 Å². The number of hydrogen-bond acceptors (Lipinski definition) is 3. The molecule has 0 saturated carbocycles. The first-order valence-electron chi connectivity index (χ1n) is 5.03. The van der Waals surface area contributed by atoms with Gasteiger partial charge in [-0.3, -0.25) is 4.79 Å². The Labute approximate surface area is 105 Å². The number of hydrogen-bond donors (Lipinski definition) is 2. The highest BCUT2D eigenvalue weighted by molar-refractivity contribution is 5.88. The van der Waals surface area contributed by atoms with Crippen LogP contribution < -0.4 is 10.5 Å². The van der Waals surface area contributed by atoms with E-state index in [0.717, 1.165) is 12.1 Å². The fourth-order valence-electron chi connectivity index (χ4n) is 1.24. The lowest BCUT2D eigenvalue weighted by molar-refractivity contribution is -0.140. The molecule has 0 aliphatic rings. The maximum absolute atomic E-state index is 12.8. The van der Waals surface area contributed by atoms with E-state index in [0.29, 0.717) is 6.07 Å². The highest BCUT2D eigenvalue weighted by Gasteiger charge is 2.35. The van der Waals surface area contributed by atoms with Crippen molar-refractivity contribution in [2.24, 2.45) is 5.73 Å². The smallest absolute Gasteiger partial charge is 0.419 e. The van der Waals surface area contributed by atoms with Gasteiger partial charge in [-0.25, -0.2) is 4.79 Å². The average molecular weight is 277 g/mol. The van der Waals surface area contributed by atoms with E-state index in [-0.39, 0.29) is 0 Å². The number of benzene rings is 1. The highest BCUT2D eigenvalue weighted by atomic mass is 19.4. The van der Waals surface area contributed by atoms with Gasteiger partial charge in [0.15, 0.2) is 6.10 Å². The van der Waals surface area contributed by atoms with Crippen LogP contribution in [0.5, 0.6) is 5.75 Å². The van der Waals surface area contributed by atoms with Crippen molar-refractivity contribution in [3.63, 3.8) is 0 Å². The molecule has 1 atom stereocenters. The Balaban J connectivity index is 3.24. The minimum atomic E-state index is -4.81. The van der Waals surface area contributed by atoms with Crippen molar-refractivity contribution in [3.8, 4) is 5.75 Å². The molecule has 0 bridgehead atoms. The van der Waals surface area contributed by atoms with Crippen LogP contribution in [0.15, 0.2) is 18.2 Å². The van der Waals surface area contributed by atoms with Gasteiger partial charge in [0.05, 0.1) is 11.1 Å². The monoisotopic (exact) mass is 277 g/mol. The molecule has 19 heavy (non-hydrogen) atoms. The van der Waals surface area contributed by atoms with Gasteiger partial charge in [0, 0.05) is 0 Å². The molecule has 0 heterocycles. The molecule has 1 unspecified atom stereocenters. The van der Waals surface area contributed by atoms with E-state index < -0.39 is 41.0 Å². The number of primary amides is 1. The number of rotatable bonds is 4. The van der Waals surface area contributed by atoms with Crippen LogP contribution in [0.3, 0.4) is 0 Å². The Morgan fingerprint density at radius 1 is 1.37 bits per heavy atom. The number of alkyl halides is 3. The lowest BCUT2D eigenvalue weighted by Gasteiger charge is -2.17. The Kier molecular flexibility index (Phi) is 4.03. The van der Waals surface area contributed by atoms with E-state index in [9.17, 15) is 22.8 Å². The molecule has 0 aromatic heterocycles. The summed E-state index contributed by atoms with van der Waals surface area (Å²) < 4.78 is 43.0. The zero-order valence-electron chi connectivity index (χ0n) is 9.69. The summed E-state index contributed by atoms with van der Waals surface area (Å²) in [5.41, 5.74) is 3.07. The third-order valence-corrected chi connectivity index (χ3v) is 2.24. The summed E-state index contributed by atoms with van der Waals surface area (Å²) in [4.78, 5) is 21.4. The number of carboxylic acids is 1.